The van der Waals surface area contributed by atoms with Crippen molar-refractivity contribution in [2.45, 2.75) is 114 Å². The summed E-state index contributed by atoms with van der Waals surface area (Å²) in [6.07, 6.45) is -18.8. The quantitative estimate of drug-likeness (QED) is 0.173. The van der Waals surface area contributed by atoms with Gasteiger partial charge in [0.1, 0.15) is 29.2 Å². The molecule has 0 saturated carbocycles. The molecule has 0 aliphatic carbocycles. The average molecular weight is 956 g/mol. The lowest BCUT2D eigenvalue weighted by atomic mass is 10.0. The van der Waals surface area contributed by atoms with Crippen molar-refractivity contribution >= 4 is 52.8 Å². The summed E-state index contributed by atoms with van der Waals surface area (Å²) in [6, 6.07) is 20.8. The smallest absolute Gasteiger partial charge is 0.428 e. The number of carbonyl (C=O) groups is 2. The molecular formula is C43H50Cl2F6N2O9S. The molecule has 3 aromatic rings. The molecule has 1 N–H and O–H groups in total. The van der Waals surface area contributed by atoms with Crippen LogP contribution in [0.5, 0.6) is 5.75 Å². The molecule has 2 fully saturated rings. The van der Waals surface area contributed by atoms with E-state index in [0.717, 1.165) is 11.1 Å². The number of ether oxygens (including phenoxy) is 6. The number of benzene rings is 3. The van der Waals surface area contributed by atoms with Gasteiger partial charge in [0.15, 0.2) is 6.10 Å². The fourth-order valence-corrected chi connectivity index (χ4v) is 6.76. The molecule has 5 rings (SSSR count). The molecule has 0 bridgehead atoms. The number of morpholine rings is 2. The van der Waals surface area contributed by atoms with E-state index in [1.807, 2.05) is 0 Å². The Labute approximate surface area is 377 Å². The van der Waals surface area contributed by atoms with Gasteiger partial charge in [0.05, 0.1) is 38.4 Å². The number of thiocarbonyl (C=S) groups is 1. The van der Waals surface area contributed by atoms with E-state index < -0.39 is 90.6 Å². The van der Waals surface area contributed by atoms with E-state index in [2.05, 4.69) is 0 Å². The summed E-state index contributed by atoms with van der Waals surface area (Å²) in [4.78, 5) is 28.0. The van der Waals surface area contributed by atoms with Crippen LogP contribution in [-0.2, 0) is 36.5 Å². The van der Waals surface area contributed by atoms with E-state index in [9.17, 15) is 41.0 Å². The van der Waals surface area contributed by atoms with Crippen LogP contribution < -0.4 is 4.74 Å². The SMILES string of the molecule is CC(C)(C)OC(=O)N1C[C@H](C(O)C(F)(F)F)OC[C@@H]1Cc1ccc(Cl)cc1.CC(C)(C)OC(=O)N1C[C@H](C(OC(=S)Oc2ccccc2)C(F)(F)F)OC[C@@H]1Cc1ccc(Cl)cc1. The molecule has 63 heavy (non-hydrogen) atoms. The van der Waals surface area contributed by atoms with Crippen molar-refractivity contribution in [2.24, 2.45) is 0 Å². The second-order valence-electron chi connectivity index (χ2n) is 16.7. The molecule has 2 saturated heterocycles. The Bertz CT molecular complexity index is 1950. The zero-order chi connectivity index (χ0) is 46.9. The maximum atomic E-state index is 14.0. The second kappa shape index (κ2) is 21.7. The molecule has 20 heteroatoms. The van der Waals surface area contributed by atoms with Gasteiger partial charge in [0, 0.05) is 22.3 Å². The summed E-state index contributed by atoms with van der Waals surface area (Å²) in [7, 11) is 0. The number of aliphatic hydroxyl groups excluding tert-OH is 1. The summed E-state index contributed by atoms with van der Waals surface area (Å²) in [5, 5.41) is 9.89. The van der Waals surface area contributed by atoms with Gasteiger partial charge in [0.25, 0.3) is 0 Å². The first kappa shape index (κ1) is 51.6. The molecule has 6 atom stereocenters. The Hall–Kier alpha value is -4.07. The number of rotatable bonds is 8. The fourth-order valence-electron chi connectivity index (χ4n) is 6.30. The lowest BCUT2D eigenvalue weighted by Gasteiger charge is -2.42. The van der Waals surface area contributed by atoms with E-state index in [4.69, 9.17) is 63.8 Å². The van der Waals surface area contributed by atoms with Crippen LogP contribution in [0.1, 0.15) is 52.7 Å². The third-order valence-electron chi connectivity index (χ3n) is 9.18. The Balaban J connectivity index is 0.000000288. The first-order valence-corrected chi connectivity index (χ1v) is 20.8. The third kappa shape index (κ3) is 16.8. The Kier molecular flexibility index (Phi) is 17.8. The van der Waals surface area contributed by atoms with Gasteiger partial charge in [-0.05, 0) is 102 Å². The molecule has 2 unspecified atom stereocenters. The highest BCUT2D eigenvalue weighted by atomic mass is 35.5. The van der Waals surface area contributed by atoms with Crippen LogP contribution in [0.2, 0.25) is 10.0 Å². The highest BCUT2D eigenvalue weighted by molar-refractivity contribution is 7.79. The normalized spacial score (nSPS) is 20.7. The molecule has 0 aromatic heterocycles. The van der Waals surface area contributed by atoms with E-state index in [1.165, 1.54) is 21.9 Å². The van der Waals surface area contributed by atoms with E-state index in [1.54, 1.807) is 108 Å². The Morgan fingerprint density at radius 3 is 1.51 bits per heavy atom. The lowest BCUT2D eigenvalue weighted by Crippen LogP contribution is -2.59. The first-order valence-electron chi connectivity index (χ1n) is 19.6. The van der Waals surface area contributed by atoms with Gasteiger partial charge in [0.2, 0.25) is 6.10 Å². The highest BCUT2D eigenvalue weighted by Crippen LogP contribution is 2.32. The molecule has 3 aromatic carbocycles. The van der Waals surface area contributed by atoms with Gasteiger partial charge in [-0.1, -0.05) is 65.7 Å². The van der Waals surface area contributed by atoms with Crippen LogP contribution in [0.15, 0.2) is 78.9 Å². The van der Waals surface area contributed by atoms with Crippen LogP contribution in [0.4, 0.5) is 35.9 Å². The topological polar surface area (TPSA) is 116 Å². The number of para-hydroxylation sites is 1. The number of amides is 2. The summed E-state index contributed by atoms with van der Waals surface area (Å²) >= 11 is 16.7. The molecule has 2 aliphatic rings. The number of alkyl halides is 6. The zero-order valence-corrected chi connectivity index (χ0v) is 37.6. The number of hydrogen-bond acceptors (Lipinski definition) is 10. The molecule has 0 radical (unpaired) electrons. The van der Waals surface area contributed by atoms with Gasteiger partial charge in [-0.2, -0.15) is 26.3 Å². The zero-order valence-electron chi connectivity index (χ0n) is 35.3. The minimum Gasteiger partial charge on any atom is -0.444 e. The first-order chi connectivity index (χ1) is 29.2. The maximum Gasteiger partial charge on any atom is 0.428 e. The monoisotopic (exact) mass is 954 g/mol. The van der Waals surface area contributed by atoms with Crippen LogP contribution >= 0.6 is 35.4 Å². The summed E-state index contributed by atoms with van der Waals surface area (Å²) < 4.78 is 112. The molecule has 11 nitrogen and oxygen atoms in total. The minimum absolute atomic E-state index is 0.153. The number of aliphatic hydroxyl groups is 1. The molecule has 2 aliphatic heterocycles. The Morgan fingerprint density at radius 1 is 0.698 bits per heavy atom. The van der Waals surface area contributed by atoms with Crippen LogP contribution in [0.3, 0.4) is 0 Å². The summed E-state index contributed by atoms with van der Waals surface area (Å²) in [5.41, 5.74) is 0.0245. The van der Waals surface area contributed by atoms with Gasteiger partial charge >= 0.3 is 29.8 Å². The summed E-state index contributed by atoms with van der Waals surface area (Å²) in [5.74, 6) is 0.228. The van der Waals surface area contributed by atoms with Gasteiger partial charge in [-0.15, -0.1) is 0 Å². The third-order valence-corrected chi connectivity index (χ3v) is 9.86. The van der Waals surface area contributed by atoms with Gasteiger partial charge < -0.3 is 33.5 Å². The predicted molar refractivity (Wildman–Crippen MR) is 226 cm³/mol. The largest absolute Gasteiger partial charge is 0.444 e. The number of carbonyl (C=O) groups excluding carboxylic acids is 2. The highest BCUT2D eigenvalue weighted by Gasteiger charge is 2.52. The van der Waals surface area contributed by atoms with Gasteiger partial charge in [-0.3, -0.25) is 9.80 Å². The predicted octanol–water partition coefficient (Wildman–Crippen LogP) is 10.0. The van der Waals surface area contributed by atoms with Crippen LogP contribution in [0, 0.1) is 0 Å². The van der Waals surface area contributed by atoms with Crippen molar-refractivity contribution in [1.29, 1.82) is 0 Å². The number of nitrogens with zero attached hydrogens (tertiary/aromatic N) is 2. The van der Waals surface area contributed by atoms with Crippen molar-refractivity contribution in [3.63, 3.8) is 0 Å². The molecule has 2 amide bonds. The molecule has 348 valence electrons. The molecular weight excluding hydrogens is 905 g/mol. The number of halogens is 8. The van der Waals surface area contributed by atoms with Crippen molar-refractivity contribution in [2.75, 3.05) is 26.3 Å². The number of hydrogen-bond donors (Lipinski definition) is 1. The van der Waals surface area contributed by atoms with Crippen molar-refractivity contribution in [3.05, 3.63) is 100 Å². The van der Waals surface area contributed by atoms with Crippen LogP contribution in [-0.4, -0.2) is 119 Å². The standard InChI is InChI=1S/C25H27ClF3NO5S.C18H23ClF3NO4/c1-24(2,3)35-22(31)30-14-20(32-15-18(30)13-16-9-11-17(26)12-10-16)21(25(27,28)29)34-23(36)33-19-7-5-4-6-8-19;1-17(2,3)27-16(25)23-9-14(15(24)18(20,21)22)26-10-13(23)8-11-4-6-12(19)7-5-11/h4-12,18,20-21H,13-15H2,1-3H3;4-7,13-15,24H,8-10H2,1-3H3/t18-,20+,21?;13-,14+,15?/m00/s1. The maximum absolute atomic E-state index is 14.0. The van der Waals surface area contributed by atoms with E-state index >= 15 is 0 Å². The molecule has 2 heterocycles. The van der Waals surface area contributed by atoms with Crippen LogP contribution in [0.25, 0.3) is 0 Å². The second-order valence-corrected chi connectivity index (χ2v) is 17.9. The van der Waals surface area contributed by atoms with Gasteiger partial charge in [-0.25, -0.2) is 9.59 Å². The minimum atomic E-state index is -4.85. The lowest BCUT2D eigenvalue weighted by molar-refractivity contribution is -0.247. The van der Waals surface area contributed by atoms with E-state index in [-0.39, 0.29) is 19.0 Å². The molecule has 0 spiro atoms. The van der Waals surface area contributed by atoms with E-state index in [0.29, 0.717) is 22.9 Å². The van der Waals surface area contributed by atoms with Crippen molar-refractivity contribution in [1.82, 2.24) is 9.80 Å². The fraction of sp³-hybridized carbons (Fsp3) is 0.512. The Morgan fingerprint density at radius 2 is 1.11 bits per heavy atom. The summed E-state index contributed by atoms with van der Waals surface area (Å²) in [6.45, 7) is 8.87. The average Bonchev–Trinajstić information content (AvgIpc) is 3.17. The van der Waals surface area contributed by atoms with Crippen molar-refractivity contribution < 1.29 is 69.5 Å². The van der Waals surface area contributed by atoms with Crippen molar-refractivity contribution in [3.8, 4) is 5.75 Å².